The van der Waals surface area contributed by atoms with Gasteiger partial charge in [-0.05, 0) is 12.1 Å². The summed E-state index contributed by atoms with van der Waals surface area (Å²) < 4.78 is 5.15. The topological polar surface area (TPSA) is 88.2 Å². The van der Waals surface area contributed by atoms with Crippen LogP contribution in [0.1, 0.15) is 5.56 Å². The van der Waals surface area contributed by atoms with Crippen LogP contribution >= 0.6 is 0 Å². The van der Waals surface area contributed by atoms with E-state index in [2.05, 4.69) is 11.9 Å². The molecular weight excluding hydrogens is 234 g/mol. The molecule has 18 heavy (non-hydrogen) atoms. The molecule has 0 bridgehead atoms. The molecule has 1 rings (SSSR count). The number of anilines is 1. The van der Waals surface area contributed by atoms with Gasteiger partial charge in [-0.25, -0.2) is 0 Å². The minimum Gasteiger partial charge on any atom is -0.377 e. The van der Waals surface area contributed by atoms with Crippen molar-refractivity contribution in [3.63, 3.8) is 0 Å². The van der Waals surface area contributed by atoms with Crippen LogP contribution in [0.2, 0.25) is 0 Å². The number of nitro benzene ring substituents is 1. The number of rotatable bonds is 7. The van der Waals surface area contributed by atoms with Gasteiger partial charge in [0.1, 0.15) is 17.3 Å². The zero-order chi connectivity index (χ0) is 13.4. The Morgan fingerprint density at radius 2 is 2.39 bits per heavy atom. The van der Waals surface area contributed by atoms with E-state index in [-0.39, 0.29) is 11.3 Å². The molecule has 6 nitrogen and oxygen atoms in total. The Balaban J connectivity index is 2.73. The van der Waals surface area contributed by atoms with Gasteiger partial charge in [-0.1, -0.05) is 12.1 Å². The number of nitriles is 1. The van der Waals surface area contributed by atoms with Crippen LogP contribution < -0.4 is 5.32 Å². The van der Waals surface area contributed by atoms with Gasteiger partial charge in [0.25, 0.3) is 0 Å². The van der Waals surface area contributed by atoms with Gasteiger partial charge in [-0.3, -0.25) is 10.1 Å². The molecule has 0 radical (unpaired) electrons. The number of nitrogens with zero attached hydrogens (tertiary/aromatic N) is 2. The zero-order valence-corrected chi connectivity index (χ0v) is 9.76. The second-order valence-corrected chi connectivity index (χ2v) is 3.36. The van der Waals surface area contributed by atoms with Crippen LogP contribution in [0.5, 0.6) is 0 Å². The fraction of sp³-hybridized carbons (Fsp3) is 0.250. The van der Waals surface area contributed by atoms with Gasteiger partial charge in [0, 0.05) is 6.54 Å². The van der Waals surface area contributed by atoms with Crippen LogP contribution in [0, 0.1) is 21.4 Å². The minimum absolute atomic E-state index is 0.0389. The Bertz CT molecular complexity index is 480. The Hall–Kier alpha value is -2.39. The highest BCUT2D eigenvalue weighted by Crippen LogP contribution is 2.27. The van der Waals surface area contributed by atoms with Gasteiger partial charge in [-0.2, -0.15) is 5.26 Å². The number of nitrogens with one attached hydrogen (secondary N) is 1. The molecule has 0 heterocycles. The third-order valence-corrected chi connectivity index (χ3v) is 2.14. The van der Waals surface area contributed by atoms with Crippen LogP contribution in [0.4, 0.5) is 11.4 Å². The second kappa shape index (κ2) is 7.04. The summed E-state index contributed by atoms with van der Waals surface area (Å²) in [7, 11) is 0. The highest BCUT2D eigenvalue weighted by molar-refractivity contribution is 5.68. The summed E-state index contributed by atoms with van der Waals surface area (Å²) in [6.45, 7) is 4.76. The third-order valence-electron chi connectivity index (χ3n) is 2.14. The van der Waals surface area contributed by atoms with Gasteiger partial charge in [0.2, 0.25) is 0 Å². The number of hydrogen-bond acceptors (Lipinski definition) is 5. The van der Waals surface area contributed by atoms with Crippen molar-refractivity contribution < 1.29 is 9.66 Å². The average Bonchev–Trinajstić information content (AvgIpc) is 2.37. The first-order valence-electron chi connectivity index (χ1n) is 5.30. The number of para-hydroxylation sites is 1. The summed E-state index contributed by atoms with van der Waals surface area (Å²) in [5.74, 6) is 0. The van der Waals surface area contributed by atoms with Crippen molar-refractivity contribution in [1.29, 1.82) is 5.26 Å². The molecule has 0 aliphatic carbocycles. The van der Waals surface area contributed by atoms with Crippen molar-refractivity contribution in [3.05, 3.63) is 46.5 Å². The predicted octanol–water partition coefficient (Wildman–Crippen LogP) is 2.08. The quantitative estimate of drug-likeness (QED) is 0.345. The maximum atomic E-state index is 10.9. The van der Waals surface area contributed by atoms with Gasteiger partial charge >= 0.3 is 5.69 Å². The lowest BCUT2D eigenvalue weighted by Gasteiger charge is -2.07. The summed E-state index contributed by atoms with van der Waals surface area (Å²) in [4.78, 5) is 10.3. The van der Waals surface area contributed by atoms with Crippen LogP contribution in [0.3, 0.4) is 0 Å². The van der Waals surface area contributed by atoms with Crippen LogP contribution in [-0.2, 0) is 4.74 Å². The molecule has 0 fully saturated rings. The van der Waals surface area contributed by atoms with Crippen molar-refractivity contribution in [2.24, 2.45) is 0 Å². The molecule has 0 spiro atoms. The summed E-state index contributed by atoms with van der Waals surface area (Å²) in [5.41, 5.74) is 0.155. The number of benzene rings is 1. The fourth-order valence-corrected chi connectivity index (χ4v) is 1.40. The highest BCUT2D eigenvalue weighted by Gasteiger charge is 2.18. The monoisotopic (exact) mass is 247 g/mol. The largest absolute Gasteiger partial charge is 0.377 e. The molecular formula is C12H13N3O3. The number of nitro groups is 1. The van der Waals surface area contributed by atoms with Crippen LogP contribution in [0.25, 0.3) is 0 Å². The molecule has 0 aromatic heterocycles. The first kappa shape index (κ1) is 13.7. The summed E-state index contributed by atoms with van der Waals surface area (Å²) in [6, 6.07) is 6.37. The van der Waals surface area contributed by atoms with Crippen molar-refractivity contribution >= 4 is 11.4 Å². The van der Waals surface area contributed by atoms with E-state index < -0.39 is 4.92 Å². The molecule has 0 aliphatic rings. The molecule has 0 amide bonds. The molecule has 0 saturated heterocycles. The first-order valence-corrected chi connectivity index (χ1v) is 5.30. The zero-order valence-electron chi connectivity index (χ0n) is 9.76. The molecule has 1 aromatic rings. The van der Waals surface area contributed by atoms with E-state index in [1.165, 1.54) is 6.07 Å². The van der Waals surface area contributed by atoms with E-state index in [4.69, 9.17) is 10.00 Å². The molecule has 0 unspecified atom stereocenters. The lowest BCUT2D eigenvalue weighted by molar-refractivity contribution is -0.384. The molecule has 0 saturated carbocycles. The second-order valence-electron chi connectivity index (χ2n) is 3.36. The molecule has 0 aliphatic heterocycles. The van der Waals surface area contributed by atoms with Crippen molar-refractivity contribution in [2.75, 3.05) is 25.1 Å². The minimum atomic E-state index is -0.564. The van der Waals surface area contributed by atoms with Gasteiger partial charge in [0.05, 0.1) is 18.1 Å². The Morgan fingerprint density at radius 3 is 3.00 bits per heavy atom. The standard InChI is InChI=1S/C12H13N3O3/c1-2-7-18-8-6-14-11-5-3-4-10(9-13)12(11)15(16)17/h2-5,14H,1,6-8H2. The molecule has 0 atom stereocenters. The van der Waals surface area contributed by atoms with Crippen LogP contribution in [0.15, 0.2) is 30.9 Å². The van der Waals surface area contributed by atoms with E-state index in [9.17, 15) is 10.1 Å². The third kappa shape index (κ3) is 3.57. The first-order chi connectivity index (χ1) is 8.70. The van der Waals surface area contributed by atoms with E-state index >= 15 is 0 Å². The molecule has 1 N–H and O–H groups in total. The van der Waals surface area contributed by atoms with E-state index in [0.29, 0.717) is 25.4 Å². The predicted molar refractivity (Wildman–Crippen MR) is 67.3 cm³/mol. The maximum absolute atomic E-state index is 10.9. The smallest absolute Gasteiger partial charge is 0.309 e. The lowest BCUT2D eigenvalue weighted by Crippen LogP contribution is -2.11. The lowest BCUT2D eigenvalue weighted by atomic mass is 10.1. The number of ether oxygens (including phenoxy) is 1. The van der Waals surface area contributed by atoms with Crippen molar-refractivity contribution in [2.45, 2.75) is 0 Å². The number of hydrogen-bond donors (Lipinski definition) is 1. The Kier molecular flexibility index (Phi) is 5.35. The molecule has 94 valence electrons. The highest BCUT2D eigenvalue weighted by atomic mass is 16.6. The van der Waals surface area contributed by atoms with Crippen LogP contribution in [-0.4, -0.2) is 24.7 Å². The normalized spacial score (nSPS) is 9.50. The average molecular weight is 247 g/mol. The van der Waals surface area contributed by atoms with E-state index in [1.807, 2.05) is 0 Å². The summed E-state index contributed by atoms with van der Waals surface area (Å²) >= 11 is 0. The summed E-state index contributed by atoms with van der Waals surface area (Å²) in [6.07, 6.45) is 1.62. The van der Waals surface area contributed by atoms with Gasteiger partial charge < -0.3 is 10.1 Å². The van der Waals surface area contributed by atoms with E-state index in [1.54, 1.807) is 24.3 Å². The maximum Gasteiger partial charge on any atom is 0.309 e. The van der Waals surface area contributed by atoms with Crippen molar-refractivity contribution in [1.82, 2.24) is 0 Å². The van der Waals surface area contributed by atoms with Gasteiger partial charge in [-0.15, -0.1) is 6.58 Å². The van der Waals surface area contributed by atoms with E-state index in [0.717, 1.165) is 0 Å². The summed E-state index contributed by atoms with van der Waals surface area (Å²) in [5, 5.41) is 22.6. The van der Waals surface area contributed by atoms with Crippen molar-refractivity contribution in [3.8, 4) is 6.07 Å². The SMILES string of the molecule is C=CCOCCNc1cccc(C#N)c1[N+](=O)[O-]. The molecule has 1 aromatic carbocycles. The fourth-order valence-electron chi connectivity index (χ4n) is 1.40. The Labute approximate surface area is 105 Å². The molecule has 6 heteroatoms. The Morgan fingerprint density at radius 1 is 1.61 bits per heavy atom. The van der Waals surface area contributed by atoms with Gasteiger partial charge in [0.15, 0.2) is 0 Å².